The molecule has 1 aromatic rings. The molecule has 1 fully saturated rings. The van der Waals surface area contributed by atoms with Crippen molar-refractivity contribution in [3.05, 3.63) is 29.8 Å². The molecule has 0 atom stereocenters. The summed E-state index contributed by atoms with van der Waals surface area (Å²) >= 11 is 0. The summed E-state index contributed by atoms with van der Waals surface area (Å²) in [7, 11) is 1.74. The average molecular weight is 243 g/mol. The molecular formula is C14H17N3O. The van der Waals surface area contributed by atoms with Gasteiger partial charge in [0.1, 0.15) is 0 Å². The number of nitriles is 1. The minimum atomic E-state index is -0.0772. The summed E-state index contributed by atoms with van der Waals surface area (Å²) in [5.41, 5.74) is 1.40. The van der Waals surface area contributed by atoms with Gasteiger partial charge in [0.05, 0.1) is 11.6 Å². The van der Waals surface area contributed by atoms with E-state index in [1.165, 1.54) is 12.8 Å². The second-order valence-corrected chi connectivity index (χ2v) is 4.65. The monoisotopic (exact) mass is 243 g/mol. The van der Waals surface area contributed by atoms with Crippen molar-refractivity contribution in [2.75, 3.05) is 11.9 Å². The quantitative estimate of drug-likeness (QED) is 0.868. The summed E-state index contributed by atoms with van der Waals surface area (Å²) in [6.45, 7) is 0. The standard InChI is InChI=1S/C14H17N3O/c1-17(13-8-6-11(10-15)7-9-13)14(18)16-12-4-2-3-5-12/h6-9,12H,2-5H2,1H3,(H,16,18). The third-order valence-corrected chi connectivity index (χ3v) is 3.37. The summed E-state index contributed by atoms with van der Waals surface area (Å²) in [6.07, 6.45) is 4.55. The van der Waals surface area contributed by atoms with Crippen LogP contribution in [0.4, 0.5) is 10.5 Å². The van der Waals surface area contributed by atoms with Crippen LogP contribution in [0.15, 0.2) is 24.3 Å². The molecule has 0 radical (unpaired) electrons. The van der Waals surface area contributed by atoms with Gasteiger partial charge in [-0.15, -0.1) is 0 Å². The lowest BCUT2D eigenvalue weighted by atomic mass is 10.2. The molecule has 2 rings (SSSR count). The van der Waals surface area contributed by atoms with Crippen molar-refractivity contribution in [1.82, 2.24) is 5.32 Å². The first-order valence-corrected chi connectivity index (χ1v) is 6.25. The fourth-order valence-electron chi connectivity index (χ4n) is 2.22. The zero-order chi connectivity index (χ0) is 13.0. The summed E-state index contributed by atoms with van der Waals surface area (Å²) < 4.78 is 0. The van der Waals surface area contributed by atoms with E-state index in [1.807, 2.05) is 0 Å². The van der Waals surface area contributed by atoms with Crippen LogP contribution in [0.25, 0.3) is 0 Å². The van der Waals surface area contributed by atoms with Crippen LogP contribution in [0.3, 0.4) is 0 Å². The van der Waals surface area contributed by atoms with Gasteiger partial charge in [-0.05, 0) is 37.1 Å². The van der Waals surface area contributed by atoms with Gasteiger partial charge in [0.2, 0.25) is 0 Å². The predicted molar refractivity (Wildman–Crippen MR) is 70.3 cm³/mol. The number of carbonyl (C=O) groups is 1. The normalized spacial score (nSPS) is 15.1. The fraction of sp³-hybridized carbons (Fsp3) is 0.429. The van der Waals surface area contributed by atoms with Crippen LogP contribution in [0, 0.1) is 11.3 Å². The highest BCUT2D eigenvalue weighted by molar-refractivity contribution is 5.91. The summed E-state index contributed by atoms with van der Waals surface area (Å²) in [6, 6.07) is 9.31. The first-order valence-electron chi connectivity index (χ1n) is 6.25. The molecule has 4 nitrogen and oxygen atoms in total. The average Bonchev–Trinajstić information content (AvgIpc) is 2.91. The zero-order valence-corrected chi connectivity index (χ0v) is 10.5. The molecule has 1 aliphatic rings. The van der Waals surface area contributed by atoms with Gasteiger partial charge in [-0.3, -0.25) is 4.90 Å². The maximum atomic E-state index is 12.0. The van der Waals surface area contributed by atoms with Gasteiger partial charge in [-0.2, -0.15) is 5.26 Å². The summed E-state index contributed by atoms with van der Waals surface area (Å²) in [5.74, 6) is 0. The Kier molecular flexibility index (Phi) is 3.83. The van der Waals surface area contributed by atoms with Crippen molar-refractivity contribution in [2.24, 2.45) is 0 Å². The number of amides is 2. The van der Waals surface area contributed by atoms with Gasteiger partial charge in [-0.25, -0.2) is 4.79 Å². The molecule has 2 amide bonds. The number of benzene rings is 1. The number of rotatable bonds is 2. The number of anilines is 1. The van der Waals surface area contributed by atoms with Crippen LogP contribution in [-0.4, -0.2) is 19.1 Å². The molecule has 0 bridgehead atoms. The Morgan fingerprint density at radius 3 is 2.50 bits per heavy atom. The van der Waals surface area contributed by atoms with E-state index in [0.29, 0.717) is 11.6 Å². The van der Waals surface area contributed by atoms with Crippen LogP contribution in [0.1, 0.15) is 31.2 Å². The number of hydrogen-bond donors (Lipinski definition) is 1. The minimum Gasteiger partial charge on any atom is -0.335 e. The molecule has 4 heteroatoms. The fourth-order valence-corrected chi connectivity index (χ4v) is 2.22. The number of nitrogens with one attached hydrogen (secondary N) is 1. The van der Waals surface area contributed by atoms with Gasteiger partial charge in [0.25, 0.3) is 0 Å². The van der Waals surface area contributed by atoms with E-state index in [4.69, 9.17) is 5.26 Å². The number of nitrogens with zero attached hydrogens (tertiary/aromatic N) is 2. The Bertz CT molecular complexity index is 455. The number of carbonyl (C=O) groups excluding carboxylic acids is 1. The van der Waals surface area contributed by atoms with E-state index >= 15 is 0 Å². The van der Waals surface area contributed by atoms with E-state index in [9.17, 15) is 4.79 Å². The van der Waals surface area contributed by atoms with Crippen LogP contribution < -0.4 is 10.2 Å². The zero-order valence-electron chi connectivity index (χ0n) is 10.5. The smallest absolute Gasteiger partial charge is 0.321 e. The van der Waals surface area contributed by atoms with Crippen LogP contribution >= 0.6 is 0 Å². The molecule has 18 heavy (non-hydrogen) atoms. The Balaban J connectivity index is 1.98. The molecule has 0 saturated heterocycles. The highest BCUT2D eigenvalue weighted by Gasteiger charge is 2.19. The Hall–Kier alpha value is -2.02. The third kappa shape index (κ3) is 2.80. The first-order chi connectivity index (χ1) is 8.70. The van der Waals surface area contributed by atoms with E-state index in [-0.39, 0.29) is 6.03 Å². The maximum Gasteiger partial charge on any atom is 0.321 e. The van der Waals surface area contributed by atoms with Crippen molar-refractivity contribution in [3.8, 4) is 6.07 Å². The maximum absolute atomic E-state index is 12.0. The second kappa shape index (κ2) is 5.54. The van der Waals surface area contributed by atoms with Crippen LogP contribution in [0.2, 0.25) is 0 Å². The topological polar surface area (TPSA) is 56.1 Å². The lowest BCUT2D eigenvalue weighted by molar-refractivity contribution is 0.244. The molecule has 0 unspecified atom stereocenters. The molecule has 1 N–H and O–H groups in total. The van der Waals surface area contributed by atoms with Gasteiger partial charge < -0.3 is 5.32 Å². The minimum absolute atomic E-state index is 0.0772. The lowest BCUT2D eigenvalue weighted by Gasteiger charge is -2.21. The highest BCUT2D eigenvalue weighted by atomic mass is 16.2. The van der Waals surface area contributed by atoms with Crippen molar-refractivity contribution in [3.63, 3.8) is 0 Å². The van der Waals surface area contributed by atoms with Gasteiger partial charge in [-0.1, -0.05) is 12.8 Å². The first kappa shape index (κ1) is 12.4. The number of hydrogen-bond acceptors (Lipinski definition) is 2. The van der Waals surface area contributed by atoms with Crippen molar-refractivity contribution in [1.29, 1.82) is 5.26 Å². The van der Waals surface area contributed by atoms with Crippen LogP contribution in [0.5, 0.6) is 0 Å². The summed E-state index contributed by atoms with van der Waals surface area (Å²) in [5, 5.41) is 11.8. The molecule has 1 aromatic carbocycles. The molecule has 1 aliphatic carbocycles. The van der Waals surface area contributed by atoms with E-state index in [1.54, 1.807) is 36.2 Å². The third-order valence-electron chi connectivity index (χ3n) is 3.37. The van der Waals surface area contributed by atoms with Crippen LogP contribution in [-0.2, 0) is 0 Å². The molecule has 0 aliphatic heterocycles. The Labute approximate surface area is 107 Å². The van der Waals surface area contributed by atoms with Crippen molar-refractivity contribution >= 4 is 11.7 Å². The van der Waals surface area contributed by atoms with Gasteiger partial charge in [0.15, 0.2) is 0 Å². The van der Waals surface area contributed by atoms with E-state index in [2.05, 4.69) is 11.4 Å². The molecule has 1 saturated carbocycles. The SMILES string of the molecule is CN(C(=O)NC1CCCC1)c1ccc(C#N)cc1. The highest BCUT2D eigenvalue weighted by Crippen LogP contribution is 2.19. The Morgan fingerprint density at radius 2 is 1.94 bits per heavy atom. The summed E-state index contributed by atoms with van der Waals surface area (Å²) in [4.78, 5) is 13.6. The molecule has 0 heterocycles. The number of urea groups is 1. The van der Waals surface area contributed by atoms with E-state index in [0.717, 1.165) is 18.5 Å². The molecule has 0 aromatic heterocycles. The molecular weight excluding hydrogens is 226 g/mol. The molecule has 94 valence electrons. The second-order valence-electron chi connectivity index (χ2n) is 4.65. The van der Waals surface area contributed by atoms with Crippen molar-refractivity contribution < 1.29 is 4.79 Å². The van der Waals surface area contributed by atoms with Crippen molar-refractivity contribution in [2.45, 2.75) is 31.7 Å². The predicted octanol–water partition coefficient (Wildman–Crippen LogP) is 2.65. The lowest BCUT2D eigenvalue weighted by Crippen LogP contribution is -2.42. The van der Waals surface area contributed by atoms with Gasteiger partial charge in [0, 0.05) is 18.8 Å². The van der Waals surface area contributed by atoms with E-state index < -0.39 is 0 Å². The Morgan fingerprint density at radius 1 is 1.33 bits per heavy atom. The molecule has 0 spiro atoms. The van der Waals surface area contributed by atoms with Gasteiger partial charge >= 0.3 is 6.03 Å². The largest absolute Gasteiger partial charge is 0.335 e.